The molecule has 3 N–H and O–H groups in total. The van der Waals surface area contributed by atoms with Crippen LogP contribution in [0.25, 0.3) is 0 Å². The number of nitrogens with two attached hydrogens (primary N) is 1. The van der Waals surface area contributed by atoms with Crippen LogP contribution >= 0.6 is 0 Å². The van der Waals surface area contributed by atoms with Crippen molar-refractivity contribution < 1.29 is 13.2 Å². The van der Waals surface area contributed by atoms with Crippen LogP contribution < -0.4 is 11.1 Å². The minimum absolute atomic E-state index is 0.0815. The van der Waals surface area contributed by atoms with E-state index in [0.717, 1.165) is 6.26 Å². The molecule has 94 valence electrons. The highest BCUT2D eigenvalue weighted by molar-refractivity contribution is 7.90. The molecular weight excluding hydrogens is 240 g/mol. The van der Waals surface area contributed by atoms with Crippen LogP contribution in [-0.4, -0.2) is 32.9 Å². The van der Waals surface area contributed by atoms with Crippen molar-refractivity contribution >= 4 is 15.7 Å². The highest BCUT2D eigenvalue weighted by atomic mass is 32.2. The smallest absolute Gasteiger partial charge is 0.241 e. The predicted molar refractivity (Wildman–Crippen MR) is 66.1 cm³/mol. The van der Waals surface area contributed by atoms with E-state index in [-0.39, 0.29) is 18.2 Å². The lowest BCUT2D eigenvalue weighted by atomic mass is 10.1. The second kappa shape index (κ2) is 5.79. The molecule has 6 heteroatoms. The number of carbonyl (C=O) groups is 1. The van der Waals surface area contributed by atoms with Crippen LogP contribution in [0, 0.1) is 0 Å². The maximum atomic E-state index is 11.6. The number of nitrogens with one attached hydrogen (secondary N) is 1. The van der Waals surface area contributed by atoms with E-state index in [1.165, 1.54) is 0 Å². The molecule has 5 nitrogen and oxygen atoms in total. The first-order chi connectivity index (χ1) is 7.90. The molecule has 0 aliphatic carbocycles. The van der Waals surface area contributed by atoms with Gasteiger partial charge in [0.05, 0.1) is 5.75 Å². The summed E-state index contributed by atoms with van der Waals surface area (Å²) in [4.78, 5) is 11.6. The Labute approximate surface area is 101 Å². The number of sulfone groups is 1. The number of hydrogen-bond donors (Lipinski definition) is 2. The van der Waals surface area contributed by atoms with Crippen molar-refractivity contribution in [1.82, 2.24) is 5.32 Å². The molecule has 1 aromatic rings. The molecule has 1 rings (SSSR count). The molecule has 17 heavy (non-hydrogen) atoms. The molecule has 0 saturated carbocycles. The summed E-state index contributed by atoms with van der Waals surface area (Å²) < 4.78 is 21.7. The molecule has 0 aliphatic heterocycles. The van der Waals surface area contributed by atoms with Gasteiger partial charge in [-0.15, -0.1) is 0 Å². The molecule has 0 fully saturated rings. The maximum Gasteiger partial charge on any atom is 0.241 e. The van der Waals surface area contributed by atoms with Crippen molar-refractivity contribution in [3.63, 3.8) is 0 Å². The lowest BCUT2D eigenvalue weighted by Crippen LogP contribution is -2.36. The zero-order chi connectivity index (χ0) is 12.9. The molecule has 0 bridgehead atoms. The van der Waals surface area contributed by atoms with Gasteiger partial charge >= 0.3 is 0 Å². The standard InChI is InChI=1S/C11H16N2O3S/c1-17(15,16)8-7-13-11(14)10(12)9-5-3-2-4-6-9/h2-6,10H,7-8,12H2,1H3,(H,13,14)/t10-/m1/s1. The SMILES string of the molecule is CS(=O)(=O)CCNC(=O)[C@H](N)c1ccccc1. The molecule has 0 heterocycles. The Hall–Kier alpha value is -1.40. The van der Waals surface area contributed by atoms with E-state index in [2.05, 4.69) is 5.32 Å². The highest BCUT2D eigenvalue weighted by Gasteiger charge is 2.15. The van der Waals surface area contributed by atoms with E-state index in [1.54, 1.807) is 24.3 Å². The highest BCUT2D eigenvalue weighted by Crippen LogP contribution is 2.08. The number of benzene rings is 1. The lowest BCUT2D eigenvalue weighted by molar-refractivity contribution is -0.122. The third kappa shape index (κ3) is 4.97. The van der Waals surface area contributed by atoms with Crippen LogP contribution in [0.4, 0.5) is 0 Å². The minimum atomic E-state index is -3.07. The van der Waals surface area contributed by atoms with Gasteiger partial charge in [0, 0.05) is 12.8 Å². The van der Waals surface area contributed by atoms with Crippen molar-refractivity contribution in [3.8, 4) is 0 Å². The molecule has 1 aromatic carbocycles. The van der Waals surface area contributed by atoms with Gasteiger partial charge in [0.2, 0.25) is 5.91 Å². The first kappa shape index (κ1) is 13.7. The first-order valence-corrected chi connectivity index (χ1v) is 7.22. The first-order valence-electron chi connectivity index (χ1n) is 5.16. The second-order valence-corrected chi connectivity index (χ2v) is 6.07. The van der Waals surface area contributed by atoms with Crippen LogP contribution in [0.5, 0.6) is 0 Å². The average Bonchev–Trinajstić information content (AvgIpc) is 2.27. The van der Waals surface area contributed by atoms with E-state index in [4.69, 9.17) is 5.73 Å². The molecular formula is C11H16N2O3S. The van der Waals surface area contributed by atoms with Crippen molar-refractivity contribution in [2.75, 3.05) is 18.6 Å². The molecule has 1 amide bonds. The fourth-order valence-electron chi connectivity index (χ4n) is 1.28. The normalized spacial score (nSPS) is 13.1. The molecule has 0 saturated heterocycles. The minimum Gasteiger partial charge on any atom is -0.353 e. The Kier molecular flexibility index (Phi) is 4.65. The summed E-state index contributed by atoms with van der Waals surface area (Å²) in [7, 11) is -3.07. The van der Waals surface area contributed by atoms with Crippen molar-refractivity contribution in [1.29, 1.82) is 0 Å². The molecule has 1 atom stereocenters. The van der Waals surface area contributed by atoms with Gasteiger partial charge in [-0.1, -0.05) is 30.3 Å². The van der Waals surface area contributed by atoms with E-state index >= 15 is 0 Å². The summed E-state index contributed by atoms with van der Waals surface area (Å²) in [6.07, 6.45) is 1.12. The summed E-state index contributed by atoms with van der Waals surface area (Å²) in [5.41, 5.74) is 6.43. The maximum absolute atomic E-state index is 11.6. The molecule has 0 radical (unpaired) electrons. The van der Waals surface area contributed by atoms with Gasteiger partial charge in [0.1, 0.15) is 15.9 Å². The third-order valence-corrected chi connectivity index (χ3v) is 3.16. The fourth-order valence-corrected chi connectivity index (χ4v) is 1.75. The van der Waals surface area contributed by atoms with Gasteiger partial charge in [0.15, 0.2) is 0 Å². The van der Waals surface area contributed by atoms with Gasteiger partial charge in [-0.25, -0.2) is 8.42 Å². The molecule has 0 aromatic heterocycles. The van der Waals surface area contributed by atoms with Crippen LogP contribution in [-0.2, 0) is 14.6 Å². The van der Waals surface area contributed by atoms with E-state index in [0.29, 0.717) is 5.56 Å². The number of amides is 1. The van der Waals surface area contributed by atoms with Gasteiger partial charge in [-0.3, -0.25) is 4.79 Å². The lowest BCUT2D eigenvalue weighted by Gasteiger charge is -2.11. The fraction of sp³-hybridized carbons (Fsp3) is 0.364. The van der Waals surface area contributed by atoms with Crippen LogP contribution in [0.15, 0.2) is 30.3 Å². The zero-order valence-electron chi connectivity index (χ0n) is 9.59. The van der Waals surface area contributed by atoms with Crippen molar-refractivity contribution in [3.05, 3.63) is 35.9 Å². The third-order valence-electron chi connectivity index (χ3n) is 2.21. The quantitative estimate of drug-likeness (QED) is 0.766. The monoisotopic (exact) mass is 256 g/mol. The molecule has 0 unspecified atom stereocenters. The summed E-state index contributed by atoms with van der Waals surface area (Å²) in [5.74, 6) is -0.458. The Bertz CT molecular complexity index is 471. The second-order valence-electron chi connectivity index (χ2n) is 3.81. The van der Waals surface area contributed by atoms with Gasteiger partial charge in [-0.2, -0.15) is 0 Å². The van der Waals surface area contributed by atoms with Gasteiger partial charge in [-0.05, 0) is 5.56 Å². The average molecular weight is 256 g/mol. The van der Waals surface area contributed by atoms with Crippen LogP contribution in [0.1, 0.15) is 11.6 Å². The van der Waals surface area contributed by atoms with Gasteiger partial charge in [0.25, 0.3) is 0 Å². The largest absolute Gasteiger partial charge is 0.353 e. The summed E-state index contributed by atoms with van der Waals surface area (Å²) in [6, 6.07) is 8.15. The Morgan fingerprint density at radius 1 is 1.35 bits per heavy atom. The van der Waals surface area contributed by atoms with Gasteiger partial charge < -0.3 is 11.1 Å². The van der Waals surface area contributed by atoms with Crippen molar-refractivity contribution in [2.24, 2.45) is 5.73 Å². The van der Waals surface area contributed by atoms with E-state index in [1.807, 2.05) is 6.07 Å². The predicted octanol–water partition coefficient (Wildman–Crippen LogP) is -0.153. The summed E-state index contributed by atoms with van der Waals surface area (Å²) in [6.45, 7) is 0.0815. The topological polar surface area (TPSA) is 89.3 Å². The van der Waals surface area contributed by atoms with E-state index in [9.17, 15) is 13.2 Å². The molecule has 0 aliphatic rings. The van der Waals surface area contributed by atoms with E-state index < -0.39 is 15.9 Å². The Morgan fingerprint density at radius 3 is 2.47 bits per heavy atom. The summed E-state index contributed by atoms with van der Waals surface area (Å²) >= 11 is 0. The number of rotatable bonds is 5. The number of hydrogen-bond acceptors (Lipinski definition) is 4. The molecule has 0 spiro atoms. The van der Waals surface area contributed by atoms with Crippen molar-refractivity contribution in [2.45, 2.75) is 6.04 Å². The van der Waals surface area contributed by atoms with Crippen LogP contribution in [0.3, 0.4) is 0 Å². The van der Waals surface area contributed by atoms with Crippen LogP contribution in [0.2, 0.25) is 0 Å². The Morgan fingerprint density at radius 2 is 1.94 bits per heavy atom. The zero-order valence-corrected chi connectivity index (χ0v) is 10.4. The summed E-state index contributed by atoms with van der Waals surface area (Å²) in [5, 5.41) is 2.49. The Balaban J connectivity index is 2.49. The number of carbonyl (C=O) groups excluding carboxylic acids is 1.